The third kappa shape index (κ3) is 4.81. The van der Waals surface area contributed by atoms with Gasteiger partial charge >= 0.3 is 12.1 Å². The summed E-state index contributed by atoms with van der Waals surface area (Å²) >= 11 is 0. The van der Waals surface area contributed by atoms with E-state index in [1.165, 1.54) is 22.3 Å². The van der Waals surface area contributed by atoms with Gasteiger partial charge in [-0.05, 0) is 47.4 Å². The van der Waals surface area contributed by atoms with Crippen LogP contribution >= 0.6 is 0 Å². The van der Waals surface area contributed by atoms with Crippen molar-refractivity contribution in [1.29, 1.82) is 0 Å². The van der Waals surface area contributed by atoms with E-state index in [2.05, 4.69) is 34.9 Å². The van der Waals surface area contributed by atoms with Crippen molar-refractivity contribution in [2.75, 3.05) is 13.2 Å². The van der Waals surface area contributed by atoms with Crippen LogP contribution in [0.2, 0.25) is 0 Å². The van der Waals surface area contributed by atoms with Crippen molar-refractivity contribution in [2.24, 2.45) is 17.8 Å². The van der Waals surface area contributed by atoms with Gasteiger partial charge in [-0.1, -0.05) is 67.1 Å². The summed E-state index contributed by atoms with van der Waals surface area (Å²) in [6.45, 7) is 0.639. The second-order valence-electron chi connectivity index (χ2n) is 9.68. The number of carboxylic acid groups (broad SMARTS) is 1. The summed E-state index contributed by atoms with van der Waals surface area (Å²) in [5.74, 6) is -1.63. The molecule has 4 atom stereocenters. The molecule has 3 aliphatic rings. The van der Waals surface area contributed by atoms with E-state index >= 15 is 0 Å². The Balaban J connectivity index is 1.12. The van der Waals surface area contributed by atoms with E-state index < -0.39 is 18.0 Å². The van der Waals surface area contributed by atoms with Crippen molar-refractivity contribution < 1.29 is 24.2 Å². The lowest BCUT2D eigenvalue weighted by Gasteiger charge is -2.22. The number of carboxylic acids is 1. The fourth-order valence-corrected chi connectivity index (χ4v) is 5.77. The fourth-order valence-electron chi connectivity index (χ4n) is 5.77. The maximum absolute atomic E-state index is 12.8. The Morgan fingerprint density at radius 1 is 0.943 bits per heavy atom. The van der Waals surface area contributed by atoms with Gasteiger partial charge < -0.3 is 20.5 Å². The van der Waals surface area contributed by atoms with E-state index in [0.29, 0.717) is 13.0 Å². The lowest BCUT2D eigenvalue weighted by Crippen LogP contribution is -2.41. The molecule has 7 nitrogen and oxygen atoms in total. The first-order valence-electron chi connectivity index (χ1n) is 12.3. The number of hydrogen-bond acceptors (Lipinski definition) is 4. The molecule has 0 bridgehead atoms. The molecule has 0 aliphatic heterocycles. The van der Waals surface area contributed by atoms with Gasteiger partial charge in [0.15, 0.2) is 0 Å². The number of nitrogens with one attached hydrogen (secondary N) is 2. The summed E-state index contributed by atoms with van der Waals surface area (Å²) < 4.78 is 5.62. The molecular formula is C28H30N2O5. The highest BCUT2D eigenvalue weighted by Crippen LogP contribution is 2.44. The average molecular weight is 475 g/mol. The molecule has 0 radical (unpaired) electrons. The maximum atomic E-state index is 12.8. The topological polar surface area (TPSA) is 105 Å². The van der Waals surface area contributed by atoms with Crippen LogP contribution in [0.25, 0.3) is 11.1 Å². The van der Waals surface area contributed by atoms with Gasteiger partial charge in [0, 0.05) is 24.4 Å². The van der Waals surface area contributed by atoms with Crippen LogP contribution in [0.4, 0.5) is 4.79 Å². The number of benzene rings is 2. The number of carbonyl (C=O) groups is 3. The molecule has 2 aromatic rings. The molecule has 1 saturated carbocycles. The molecule has 2 amide bonds. The number of hydrogen-bond donors (Lipinski definition) is 3. The van der Waals surface area contributed by atoms with E-state index in [-0.39, 0.29) is 36.3 Å². The van der Waals surface area contributed by atoms with Gasteiger partial charge in [-0.2, -0.15) is 0 Å². The highest BCUT2D eigenvalue weighted by Gasteiger charge is 2.35. The summed E-state index contributed by atoms with van der Waals surface area (Å²) in [6, 6.07) is 16.2. The van der Waals surface area contributed by atoms with Crippen LogP contribution in [0.15, 0.2) is 60.7 Å². The zero-order chi connectivity index (χ0) is 24.4. The first kappa shape index (κ1) is 23.1. The van der Waals surface area contributed by atoms with Crippen molar-refractivity contribution >= 4 is 18.0 Å². The Morgan fingerprint density at radius 2 is 1.63 bits per heavy atom. The molecule has 4 unspecified atom stereocenters. The number of ether oxygens (including phenoxy) is 1. The molecule has 1 fully saturated rings. The van der Waals surface area contributed by atoms with Gasteiger partial charge in [0.25, 0.3) is 0 Å². The second-order valence-corrected chi connectivity index (χ2v) is 9.68. The summed E-state index contributed by atoms with van der Waals surface area (Å²) in [6.07, 6.45) is 5.86. The van der Waals surface area contributed by atoms with Crippen molar-refractivity contribution in [3.05, 3.63) is 71.8 Å². The average Bonchev–Trinajstić information content (AvgIpc) is 3.59. The summed E-state index contributed by atoms with van der Waals surface area (Å²) in [4.78, 5) is 36.5. The third-order valence-electron chi connectivity index (χ3n) is 7.58. The molecule has 3 aliphatic carbocycles. The largest absolute Gasteiger partial charge is 0.481 e. The quantitative estimate of drug-likeness (QED) is 0.525. The predicted octanol–water partition coefficient (Wildman–Crippen LogP) is 4.09. The van der Waals surface area contributed by atoms with Crippen molar-refractivity contribution in [1.82, 2.24) is 10.6 Å². The van der Waals surface area contributed by atoms with Gasteiger partial charge in [0.1, 0.15) is 6.61 Å². The number of carbonyl (C=O) groups excluding carboxylic acids is 2. The first-order valence-corrected chi connectivity index (χ1v) is 12.3. The Kier molecular flexibility index (Phi) is 6.57. The predicted molar refractivity (Wildman–Crippen MR) is 131 cm³/mol. The molecular weight excluding hydrogens is 444 g/mol. The van der Waals surface area contributed by atoms with Crippen molar-refractivity contribution in [2.45, 2.75) is 37.6 Å². The molecule has 3 N–H and O–H groups in total. The lowest BCUT2D eigenvalue weighted by molar-refractivity contribution is -0.140. The number of amides is 2. The molecule has 35 heavy (non-hydrogen) atoms. The highest BCUT2D eigenvalue weighted by atomic mass is 16.5. The van der Waals surface area contributed by atoms with E-state index in [0.717, 1.165) is 19.3 Å². The summed E-state index contributed by atoms with van der Waals surface area (Å²) in [5.41, 5.74) is 4.70. The van der Waals surface area contributed by atoms with Crippen LogP contribution in [0.3, 0.4) is 0 Å². The summed E-state index contributed by atoms with van der Waals surface area (Å²) in [5, 5.41) is 15.0. The van der Waals surface area contributed by atoms with E-state index in [4.69, 9.17) is 9.84 Å². The van der Waals surface area contributed by atoms with Crippen LogP contribution in [0, 0.1) is 17.8 Å². The van der Waals surface area contributed by atoms with E-state index in [1.807, 2.05) is 24.3 Å². The number of fused-ring (bicyclic) bond motifs is 3. The van der Waals surface area contributed by atoms with Gasteiger partial charge in [0.2, 0.25) is 5.91 Å². The zero-order valence-electron chi connectivity index (χ0n) is 19.5. The first-order chi connectivity index (χ1) is 17.0. The Labute approximate surface area is 204 Å². The van der Waals surface area contributed by atoms with Gasteiger partial charge in [-0.15, -0.1) is 0 Å². The number of alkyl carbamates (subject to hydrolysis) is 1. The molecule has 182 valence electrons. The maximum Gasteiger partial charge on any atom is 0.407 e. The lowest BCUT2D eigenvalue weighted by atomic mass is 9.94. The second kappa shape index (κ2) is 9.94. The molecule has 0 aromatic heterocycles. The van der Waals surface area contributed by atoms with Gasteiger partial charge in [0.05, 0.1) is 5.92 Å². The van der Waals surface area contributed by atoms with Gasteiger partial charge in [-0.25, -0.2) is 4.79 Å². The van der Waals surface area contributed by atoms with Crippen LogP contribution in [0.1, 0.15) is 42.7 Å². The smallest absolute Gasteiger partial charge is 0.407 e. The van der Waals surface area contributed by atoms with Crippen LogP contribution in [0.5, 0.6) is 0 Å². The molecule has 2 aromatic carbocycles. The van der Waals surface area contributed by atoms with Crippen molar-refractivity contribution in [3.8, 4) is 11.1 Å². The fraction of sp³-hybridized carbons (Fsp3) is 0.393. The van der Waals surface area contributed by atoms with Crippen molar-refractivity contribution in [3.63, 3.8) is 0 Å². The number of aliphatic carboxylic acids is 1. The Morgan fingerprint density at radius 3 is 2.29 bits per heavy atom. The molecule has 0 spiro atoms. The molecule has 0 saturated heterocycles. The normalized spacial score (nSPS) is 24.6. The summed E-state index contributed by atoms with van der Waals surface area (Å²) in [7, 11) is 0. The minimum atomic E-state index is -0.871. The van der Waals surface area contributed by atoms with Gasteiger partial charge in [-0.3, -0.25) is 9.59 Å². The third-order valence-corrected chi connectivity index (χ3v) is 7.58. The molecule has 0 heterocycles. The van der Waals surface area contributed by atoms with Crippen LogP contribution in [-0.4, -0.2) is 42.3 Å². The minimum Gasteiger partial charge on any atom is -0.481 e. The van der Waals surface area contributed by atoms with Crippen LogP contribution in [-0.2, 0) is 14.3 Å². The van der Waals surface area contributed by atoms with Crippen LogP contribution < -0.4 is 10.6 Å². The monoisotopic (exact) mass is 474 g/mol. The van der Waals surface area contributed by atoms with E-state index in [1.54, 1.807) is 12.2 Å². The molecule has 7 heteroatoms. The SMILES string of the molecule is O=C(NCC1CCCC1C(=O)NC1C=CC(C(=O)O)C1)OCC1c2ccccc2-c2ccccc21. The number of rotatable bonds is 7. The van der Waals surface area contributed by atoms with E-state index in [9.17, 15) is 14.4 Å². The Hall–Kier alpha value is -3.61. The standard InChI is InChI=1S/C28H30N2O5/c31-26(30-19-13-12-17(14-19)27(32)33)20-11-5-6-18(20)15-29-28(34)35-16-25-23-9-3-1-7-21(23)22-8-2-4-10-24(22)25/h1-4,7-10,12-13,17-20,25H,5-6,11,14-16H2,(H,29,34)(H,30,31)(H,32,33). The zero-order valence-corrected chi connectivity index (χ0v) is 19.5. The minimum absolute atomic E-state index is 0.00671. The highest BCUT2D eigenvalue weighted by molar-refractivity contribution is 5.81. The molecule has 5 rings (SSSR count). The Bertz CT molecular complexity index is 1110.